The van der Waals surface area contributed by atoms with E-state index in [1.54, 1.807) is 6.07 Å². The number of halogens is 1. The summed E-state index contributed by atoms with van der Waals surface area (Å²) >= 11 is 0. The third-order valence-electron chi connectivity index (χ3n) is 4.42. The van der Waals surface area contributed by atoms with Crippen LogP contribution in [0.1, 0.15) is 20.3 Å². The van der Waals surface area contributed by atoms with E-state index in [0.29, 0.717) is 16.9 Å². The molecule has 0 radical (unpaired) electrons. The SMILES string of the molecule is CC(C)Oc1cc2c(-c3cc(N4CC[C@@H](N)C4)ncn3)n[nH]c2cc1F. The summed E-state index contributed by atoms with van der Waals surface area (Å²) in [5, 5.41) is 7.95. The molecule has 7 nitrogen and oxygen atoms in total. The molecule has 1 aliphatic rings. The smallest absolute Gasteiger partial charge is 0.167 e. The van der Waals surface area contributed by atoms with Gasteiger partial charge in [0.25, 0.3) is 0 Å². The number of fused-ring (bicyclic) bond motifs is 1. The molecular formula is C18H21FN6O. The molecule has 26 heavy (non-hydrogen) atoms. The minimum absolute atomic E-state index is 0.123. The lowest BCUT2D eigenvalue weighted by molar-refractivity contribution is 0.231. The van der Waals surface area contributed by atoms with Crippen molar-refractivity contribution in [3.8, 4) is 17.1 Å². The minimum atomic E-state index is -0.421. The maximum Gasteiger partial charge on any atom is 0.167 e. The first kappa shape index (κ1) is 16.7. The zero-order chi connectivity index (χ0) is 18.3. The second kappa shape index (κ2) is 6.53. The molecule has 3 aromatic rings. The maximum absolute atomic E-state index is 14.2. The molecule has 3 N–H and O–H groups in total. The fraction of sp³-hybridized carbons (Fsp3) is 0.389. The van der Waals surface area contributed by atoms with Gasteiger partial charge in [-0.15, -0.1) is 0 Å². The lowest BCUT2D eigenvalue weighted by Gasteiger charge is -2.16. The molecule has 0 saturated carbocycles. The molecule has 8 heteroatoms. The van der Waals surface area contributed by atoms with Gasteiger partial charge in [0, 0.05) is 36.7 Å². The van der Waals surface area contributed by atoms with Crippen LogP contribution in [0.2, 0.25) is 0 Å². The van der Waals surface area contributed by atoms with E-state index in [1.807, 2.05) is 19.9 Å². The first-order valence-corrected chi connectivity index (χ1v) is 8.68. The minimum Gasteiger partial charge on any atom is -0.488 e. The number of hydrogen-bond donors (Lipinski definition) is 2. The van der Waals surface area contributed by atoms with Crippen LogP contribution in [0.15, 0.2) is 24.5 Å². The van der Waals surface area contributed by atoms with Crippen molar-refractivity contribution >= 4 is 16.7 Å². The Balaban J connectivity index is 1.74. The molecular weight excluding hydrogens is 335 g/mol. The van der Waals surface area contributed by atoms with Crippen LogP contribution in [-0.4, -0.2) is 45.4 Å². The molecule has 1 aromatic carbocycles. The van der Waals surface area contributed by atoms with Gasteiger partial charge >= 0.3 is 0 Å². The molecule has 1 aliphatic heterocycles. The fourth-order valence-electron chi connectivity index (χ4n) is 3.20. The third kappa shape index (κ3) is 3.08. The van der Waals surface area contributed by atoms with Gasteiger partial charge in [0.1, 0.15) is 17.8 Å². The molecule has 0 spiro atoms. The number of nitrogens with two attached hydrogens (primary N) is 1. The van der Waals surface area contributed by atoms with Crippen molar-refractivity contribution in [1.29, 1.82) is 0 Å². The van der Waals surface area contributed by atoms with Crippen LogP contribution in [0.4, 0.5) is 10.2 Å². The Hall–Kier alpha value is -2.74. The molecule has 136 valence electrons. The van der Waals surface area contributed by atoms with Gasteiger partial charge in [0.2, 0.25) is 0 Å². The van der Waals surface area contributed by atoms with Crippen LogP contribution in [0, 0.1) is 5.82 Å². The largest absolute Gasteiger partial charge is 0.488 e. The number of ether oxygens (including phenoxy) is 1. The Morgan fingerprint density at radius 2 is 2.15 bits per heavy atom. The highest BCUT2D eigenvalue weighted by atomic mass is 19.1. The molecule has 4 rings (SSSR count). The summed E-state index contributed by atoms with van der Waals surface area (Å²) in [6.07, 6.45) is 2.34. The van der Waals surface area contributed by atoms with Gasteiger partial charge in [-0.2, -0.15) is 5.10 Å². The van der Waals surface area contributed by atoms with Crippen molar-refractivity contribution in [3.05, 3.63) is 30.3 Å². The van der Waals surface area contributed by atoms with Gasteiger partial charge < -0.3 is 15.4 Å². The molecule has 0 amide bonds. The Bertz CT molecular complexity index is 941. The highest BCUT2D eigenvalue weighted by Gasteiger charge is 2.22. The first-order chi connectivity index (χ1) is 12.5. The van der Waals surface area contributed by atoms with Crippen LogP contribution in [0.25, 0.3) is 22.3 Å². The van der Waals surface area contributed by atoms with E-state index >= 15 is 0 Å². The molecule has 1 saturated heterocycles. The lowest BCUT2D eigenvalue weighted by atomic mass is 10.1. The van der Waals surface area contributed by atoms with Gasteiger partial charge in [-0.25, -0.2) is 14.4 Å². The lowest BCUT2D eigenvalue weighted by Crippen LogP contribution is -2.26. The Kier molecular flexibility index (Phi) is 4.20. The van der Waals surface area contributed by atoms with Gasteiger partial charge in [0.15, 0.2) is 11.6 Å². The van der Waals surface area contributed by atoms with Gasteiger partial charge in [0.05, 0.1) is 17.3 Å². The van der Waals surface area contributed by atoms with Crippen LogP contribution in [0.5, 0.6) is 5.75 Å². The maximum atomic E-state index is 14.2. The quantitative estimate of drug-likeness (QED) is 0.746. The van der Waals surface area contributed by atoms with Crippen LogP contribution in [0.3, 0.4) is 0 Å². The number of nitrogens with one attached hydrogen (secondary N) is 1. The zero-order valence-electron chi connectivity index (χ0n) is 14.7. The highest BCUT2D eigenvalue weighted by Crippen LogP contribution is 2.32. The van der Waals surface area contributed by atoms with Gasteiger partial charge in [-0.1, -0.05) is 0 Å². The van der Waals surface area contributed by atoms with E-state index in [-0.39, 0.29) is 17.9 Å². The monoisotopic (exact) mass is 356 g/mol. The van der Waals surface area contributed by atoms with Crippen molar-refractivity contribution in [2.75, 3.05) is 18.0 Å². The van der Waals surface area contributed by atoms with Crippen molar-refractivity contribution in [2.45, 2.75) is 32.4 Å². The number of anilines is 1. The number of benzene rings is 1. The molecule has 1 fully saturated rings. The van der Waals surface area contributed by atoms with E-state index in [4.69, 9.17) is 10.5 Å². The van der Waals surface area contributed by atoms with Crippen molar-refractivity contribution in [1.82, 2.24) is 20.2 Å². The highest BCUT2D eigenvalue weighted by molar-refractivity contribution is 5.93. The molecule has 0 bridgehead atoms. The predicted octanol–water partition coefficient (Wildman–Crippen LogP) is 2.48. The number of hydrogen-bond acceptors (Lipinski definition) is 6. The van der Waals surface area contributed by atoms with Crippen molar-refractivity contribution in [2.24, 2.45) is 5.73 Å². The standard InChI is InChI=1S/C18H21FN6O/c1-10(2)26-16-5-12-14(6-13(16)19)23-24-18(12)15-7-17(22-9-21-15)25-4-3-11(20)8-25/h5-7,9-11H,3-4,8,20H2,1-2H3,(H,23,24)/t11-/m1/s1. The van der Waals surface area contributed by atoms with Gasteiger partial charge in [-0.05, 0) is 26.3 Å². The fourth-order valence-corrected chi connectivity index (χ4v) is 3.20. The number of aromatic amines is 1. The van der Waals surface area contributed by atoms with Crippen LogP contribution < -0.4 is 15.4 Å². The predicted molar refractivity (Wildman–Crippen MR) is 97.6 cm³/mol. The molecule has 1 atom stereocenters. The normalized spacial score (nSPS) is 17.4. The van der Waals surface area contributed by atoms with E-state index in [1.165, 1.54) is 12.4 Å². The molecule has 3 heterocycles. The van der Waals surface area contributed by atoms with Crippen LogP contribution >= 0.6 is 0 Å². The Morgan fingerprint density at radius 1 is 1.31 bits per heavy atom. The summed E-state index contributed by atoms with van der Waals surface area (Å²) in [6, 6.07) is 5.11. The Labute approximate surface area is 150 Å². The summed E-state index contributed by atoms with van der Waals surface area (Å²) < 4.78 is 19.7. The summed E-state index contributed by atoms with van der Waals surface area (Å²) in [6.45, 7) is 5.36. The first-order valence-electron chi connectivity index (χ1n) is 8.68. The number of nitrogens with zero attached hydrogens (tertiary/aromatic N) is 4. The topological polar surface area (TPSA) is 93.0 Å². The summed E-state index contributed by atoms with van der Waals surface area (Å²) in [7, 11) is 0. The summed E-state index contributed by atoms with van der Waals surface area (Å²) in [5.41, 5.74) is 7.89. The average molecular weight is 356 g/mol. The molecule has 0 aliphatic carbocycles. The molecule has 2 aromatic heterocycles. The van der Waals surface area contributed by atoms with E-state index in [0.717, 1.165) is 30.7 Å². The van der Waals surface area contributed by atoms with E-state index in [9.17, 15) is 4.39 Å². The summed E-state index contributed by atoms with van der Waals surface area (Å²) in [5.74, 6) is 0.602. The van der Waals surface area contributed by atoms with Gasteiger partial charge in [-0.3, -0.25) is 5.10 Å². The van der Waals surface area contributed by atoms with Crippen molar-refractivity contribution < 1.29 is 9.13 Å². The second-order valence-corrected chi connectivity index (χ2v) is 6.82. The van der Waals surface area contributed by atoms with E-state index < -0.39 is 5.82 Å². The van der Waals surface area contributed by atoms with Crippen molar-refractivity contribution in [3.63, 3.8) is 0 Å². The number of aromatic nitrogens is 4. The third-order valence-corrected chi connectivity index (χ3v) is 4.42. The number of rotatable bonds is 4. The van der Waals surface area contributed by atoms with E-state index in [2.05, 4.69) is 25.1 Å². The Morgan fingerprint density at radius 3 is 2.88 bits per heavy atom. The van der Waals surface area contributed by atoms with Crippen LogP contribution in [-0.2, 0) is 0 Å². The second-order valence-electron chi connectivity index (χ2n) is 6.82. The molecule has 0 unspecified atom stereocenters. The number of H-pyrrole nitrogens is 1. The zero-order valence-corrected chi connectivity index (χ0v) is 14.7. The summed E-state index contributed by atoms with van der Waals surface area (Å²) in [4.78, 5) is 10.8. The average Bonchev–Trinajstić information content (AvgIpc) is 3.21.